The fourth-order valence-electron chi connectivity index (χ4n) is 2.30. The molecule has 0 aliphatic heterocycles. The molecule has 2 rings (SSSR count). The van der Waals surface area contributed by atoms with Crippen LogP contribution in [0.5, 0.6) is 0 Å². The number of aryl methyl sites for hydroxylation is 2. The van der Waals surface area contributed by atoms with Crippen molar-refractivity contribution in [1.29, 1.82) is 0 Å². The molecule has 1 aliphatic carbocycles. The van der Waals surface area contributed by atoms with Gasteiger partial charge in [0.15, 0.2) is 0 Å². The minimum Gasteiger partial charge on any atom is -0.381 e. The van der Waals surface area contributed by atoms with Crippen LogP contribution in [-0.4, -0.2) is 19.3 Å². The molecule has 2 heteroatoms. The molecular weight excluding hydrogens is 198 g/mol. The predicted molar refractivity (Wildman–Crippen MR) is 66.6 cm³/mol. The lowest BCUT2D eigenvalue weighted by Crippen LogP contribution is -2.44. The number of methoxy groups -OCH3 is 1. The first-order valence-electron chi connectivity index (χ1n) is 6.02. The van der Waals surface area contributed by atoms with Crippen LogP contribution in [0, 0.1) is 13.8 Å². The lowest BCUT2D eigenvalue weighted by molar-refractivity contribution is 0.0170. The molecule has 0 spiro atoms. The summed E-state index contributed by atoms with van der Waals surface area (Å²) in [6.07, 6.45) is 2.79. The predicted octanol–water partition coefficient (Wildman–Crippen LogP) is 2.57. The van der Waals surface area contributed by atoms with E-state index < -0.39 is 0 Å². The van der Waals surface area contributed by atoms with Gasteiger partial charge in [-0.05, 0) is 43.4 Å². The number of hydrogen-bond donors (Lipinski definition) is 1. The highest BCUT2D eigenvalue weighted by atomic mass is 16.5. The van der Waals surface area contributed by atoms with Gasteiger partial charge in [-0.15, -0.1) is 0 Å². The van der Waals surface area contributed by atoms with E-state index in [4.69, 9.17) is 4.74 Å². The molecule has 0 bridgehead atoms. The highest BCUT2D eigenvalue weighted by molar-refractivity contribution is 5.33. The molecule has 1 N–H and O–H groups in total. The molecule has 0 saturated heterocycles. The third kappa shape index (κ3) is 2.45. The van der Waals surface area contributed by atoms with E-state index in [0.717, 1.165) is 19.4 Å². The second-order valence-corrected chi connectivity index (χ2v) is 4.78. The fourth-order valence-corrected chi connectivity index (χ4v) is 2.30. The van der Waals surface area contributed by atoms with Crippen molar-refractivity contribution in [3.63, 3.8) is 0 Å². The molecule has 1 fully saturated rings. The number of rotatable bonds is 4. The maximum absolute atomic E-state index is 5.28. The van der Waals surface area contributed by atoms with Crippen LogP contribution in [0.4, 0.5) is 0 Å². The van der Waals surface area contributed by atoms with E-state index in [0.29, 0.717) is 12.1 Å². The zero-order valence-electron chi connectivity index (χ0n) is 10.4. The van der Waals surface area contributed by atoms with Crippen molar-refractivity contribution in [2.45, 2.75) is 45.4 Å². The van der Waals surface area contributed by atoms with Crippen LogP contribution in [0.25, 0.3) is 0 Å². The van der Waals surface area contributed by atoms with Gasteiger partial charge in [-0.1, -0.05) is 18.2 Å². The molecule has 0 unspecified atom stereocenters. The molecule has 0 aromatic heterocycles. The molecule has 16 heavy (non-hydrogen) atoms. The van der Waals surface area contributed by atoms with Crippen molar-refractivity contribution in [3.8, 4) is 0 Å². The first-order chi connectivity index (χ1) is 7.70. The molecule has 1 saturated carbocycles. The molecule has 0 heterocycles. The van der Waals surface area contributed by atoms with Crippen LogP contribution in [0.3, 0.4) is 0 Å². The number of benzene rings is 1. The Morgan fingerprint density at radius 1 is 1.25 bits per heavy atom. The third-order valence-corrected chi connectivity index (χ3v) is 3.64. The van der Waals surface area contributed by atoms with Gasteiger partial charge in [-0.25, -0.2) is 0 Å². The van der Waals surface area contributed by atoms with Gasteiger partial charge in [0.05, 0.1) is 6.10 Å². The first-order valence-corrected chi connectivity index (χ1v) is 6.02. The van der Waals surface area contributed by atoms with Crippen LogP contribution < -0.4 is 5.32 Å². The molecule has 88 valence electrons. The largest absolute Gasteiger partial charge is 0.381 e. The Kier molecular flexibility index (Phi) is 3.62. The van der Waals surface area contributed by atoms with E-state index in [1.54, 1.807) is 7.11 Å². The topological polar surface area (TPSA) is 21.3 Å². The van der Waals surface area contributed by atoms with Crippen molar-refractivity contribution in [1.82, 2.24) is 5.32 Å². The Bertz CT molecular complexity index is 336. The summed E-state index contributed by atoms with van der Waals surface area (Å²) in [6.45, 7) is 5.35. The summed E-state index contributed by atoms with van der Waals surface area (Å²) in [6, 6.07) is 7.13. The summed E-state index contributed by atoms with van der Waals surface area (Å²) in [5, 5.41) is 3.60. The molecule has 0 amide bonds. The van der Waals surface area contributed by atoms with Crippen LogP contribution in [0.15, 0.2) is 18.2 Å². The van der Waals surface area contributed by atoms with Crippen LogP contribution in [0.1, 0.15) is 29.5 Å². The Balaban J connectivity index is 1.86. The summed E-state index contributed by atoms with van der Waals surface area (Å²) < 4.78 is 5.28. The minimum atomic E-state index is 0.482. The molecule has 1 aliphatic rings. The number of nitrogens with one attached hydrogen (secondary N) is 1. The summed E-state index contributed by atoms with van der Waals surface area (Å²) in [7, 11) is 1.80. The van der Waals surface area contributed by atoms with Gasteiger partial charge >= 0.3 is 0 Å². The quantitative estimate of drug-likeness (QED) is 0.840. The monoisotopic (exact) mass is 219 g/mol. The summed E-state index contributed by atoms with van der Waals surface area (Å²) in [5.41, 5.74) is 4.22. The van der Waals surface area contributed by atoms with Crippen molar-refractivity contribution < 1.29 is 4.74 Å². The zero-order valence-corrected chi connectivity index (χ0v) is 10.4. The smallest absolute Gasteiger partial charge is 0.0601 e. The summed E-state index contributed by atoms with van der Waals surface area (Å²) in [4.78, 5) is 0. The molecule has 2 nitrogen and oxygen atoms in total. The van der Waals surface area contributed by atoms with Gasteiger partial charge < -0.3 is 10.1 Å². The SMILES string of the molecule is COC1CC(NCc2c(C)cccc2C)C1. The highest BCUT2D eigenvalue weighted by Gasteiger charge is 2.28. The highest BCUT2D eigenvalue weighted by Crippen LogP contribution is 2.23. The fraction of sp³-hybridized carbons (Fsp3) is 0.571. The van der Waals surface area contributed by atoms with Gasteiger partial charge in [-0.2, -0.15) is 0 Å². The van der Waals surface area contributed by atoms with E-state index >= 15 is 0 Å². The molecular formula is C14H21NO. The zero-order chi connectivity index (χ0) is 11.5. The summed E-state index contributed by atoms with van der Waals surface area (Å²) >= 11 is 0. The van der Waals surface area contributed by atoms with Crippen LogP contribution >= 0.6 is 0 Å². The lowest BCUT2D eigenvalue weighted by Gasteiger charge is -2.35. The van der Waals surface area contributed by atoms with E-state index in [-0.39, 0.29) is 0 Å². The van der Waals surface area contributed by atoms with Gasteiger partial charge in [0, 0.05) is 19.7 Å². The molecule has 0 atom stereocenters. The number of hydrogen-bond acceptors (Lipinski definition) is 2. The van der Waals surface area contributed by atoms with Crippen molar-refractivity contribution in [2.24, 2.45) is 0 Å². The molecule has 1 aromatic rings. The van der Waals surface area contributed by atoms with Crippen LogP contribution in [-0.2, 0) is 11.3 Å². The number of ether oxygens (including phenoxy) is 1. The average Bonchev–Trinajstić information content (AvgIpc) is 2.19. The normalized spacial score (nSPS) is 24.2. The van der Waals surface area contributed by atoms with Crippen molar-refractivity contribution in [3.05, 3.63) is 34.9 Å². The molecule has 0 radical (unpaired) electrons. The van der Waals surface area contributed by atoms with Crippen molar-refractivity contribution in [2.75, 3.05) is 7.11 Å². The second kappa shape index (κ2) is 4.98. The Morgan fingerprint density at radius 3 is 2.44 bits per heavy atom. The Labute approximate surface area is 98.0 Å². The Morgan fingerprint density at radius 2 is 1.88 bits per heavy atom. The maximum Gasteiger partial charge on any atom is 0.0601 e. The van der Waals surface area contributed by atoms with Crippen LogP contribution in [0.2, 0.25) is 0 Å². The maximum atomic E-state index is 5.28. The van der Waals surface area contributed by atoms with E-state index in [2.05, 4.69) is 37.4 Å². The van der Waals surface area contributed by atoms with E-state index in [9.17, 15) is 0 Å². The summed E-state index contributed by atoms with van der Waals surface area (Å²) in [5.74, 6) is 0. The van der Waals surface area contributed by atoms with E-state index in [1.165, 1.54) is 16.7 Å². The second-order valence-electron chi connectivity index (χ2n) is 4.78. The van der Waals surface area contributed by atoms with Gasteiger partial charge in [0.2, 0.25) is 0 Å². The van der Waals surface area contributed by atoms with Crippen molar-refractivity contribution >= 4 is 0 Å². The Hall–Kier alpha value is -0.860. The first kappa shape index (κ1) is 11.6. The standard InChI is InChI=1S/C14H21NO/c1-10-5-4-6-11(2)14(10)9-15-12-7-13(8-12)16-3/h4-6,12-13,15H,7-9H2,1-3H3. The van der Waals surface area contributed by atoms with Gasteiger partial charge in [0.25, 0.3) is 0 Å². The van der Waals surface area contributed by atoms with Gasteiger partial charge in [0.1, 0.15) is 0 Å². The lowest BCUT2D eigenvalue weighted by atomic mass is 9.89. The third-order valence-electron chi connectivity index (χ3n) is 3.64. The van der Waals surface area contributed by atoms with E-state index in [1.807, 2.05) is 0 Å². The minimum absolute atomic E-state index is 0.482. The average molecular weight is 219 g/mol. The molecule has 1 aromatic carbocycles. The van der Waals surface area contributed by atoms with Gasteiger partial charge in [-0.3, -0.25) is 0 Å².